The van der Waals surface area contributed by atoms with Crippen LogP contribution in [0.5, 0.6) is 0 Å². The highest BCUT2D eigenvalue weighted by molar-refractivity contribution is 6.39. The van der Waals surface area contributed by atoms with Gasteiger partial charge < -0.3 is 14.3 Å². The van der Waals surface area contributed by atoms with E-state index in [-0.39, 0.29) is 11.8 Å². The number of aromatic nitrogens is 1. The molecule has 2 amide bonds. The third-order valence-corrected chi connectivity index (χ3v) is 4.92. The molecule has 0 unspecified atom stereocenters. The molecule has 2 aromatic rings. The fraction of sp³-hybridized carbons (Fsp3) is 0.353. The maximum absolute atomic E-state index is 13.0. The number of rotatable bonds is 2. The Morgan fingerprint density at radius 3 is 2.20 bits per heavy atom. The quantitative estimate of drug-likeness (QED) is 0.800. The highest BCUT2D eigenvalue weighted by atomic mass is 35.5. The number of aryl methyl sites for hydroxylation is 1. The monoisotopic (exact) mass is 381 g/mol. The molecule has 1 aromatic carbocycles. The third kappa shape index (κ3) is 3.37. The molecule has 0 N–H and O–H groups in total. The number of hydrogen-bond donors (Lipinski definition) is 0. The van der Waals surface area contributed by atoms with E-state index >= 15 is 0 Å². The van der Waals surface area contributed by atoms with Crippen LogP contribution in [0.1, 0.15) is 23.0 Å². The summed E-state index contributed by atoms with van der Waals surface area (Å²) in [7, 11) is 0. The van der Waals surface area contributed by atoms with Crippen molar-refractivity contribution < 1.29 is 14.1 Å². The van der Waals surface area contributed by atoms with Gasteiger partial charge in [-0.25, -0.2) is 0 Å². The Morgan fingerprint density at radius 2 is 1.64 bits per heavy atom. The molecule has 0 aliphatic carbocycles. The van der Waals surface area contributed by atoms with Crippen molar-refractivity contribution in [3.05, 3.63) is 39.6 Å². The average Bonchev–Trinajstić information content (AvgIpc) is 2.95. The van der Waals surface area contributed by atoms with Crippen molar-refractivity contribution in [1.82, 2.24) is 15.0 Å². The Balaban J connectivity index is 1.93. The molecule has 132 valence electrons. The molecule has 1 fully saturated rings. The van der Waals surface area contributed by atoms with Gasteiger partial charge in [-0.2, -0.15) is 0 Å². The van der Waals surface area contributed by atoms with Gasteiger partial charge in [0.05, 0.1) is 10.0 Å². The van der Waals surface area contributed by atoms with E-state index in [1.165, 1.54) is 6.92 Å². The zero-order valence-electron chi connectivity index (χ0n) is 13.9. The van der Waals surface area contributed by atoms with Gasteiger partial charge in [-0.1, -0.05) is 34.4 Å². The first-order valence-corrected chi connectivity index (χ1v) is 8.61. The Hall–Kier alpha value is -2.05. The van der Waals surface area contributed by atoms with Gasteiger partial charge in [-0.15, -0.1) is 0 Å². The van der Waals surface area contributed by atoms with Crippen LogP contribution in [0.15, 0.2) is 22.7 Å². The van der Waals surface area contributed by atoms with Crippen LogP contribution in [-0.4, -0.2) is 52.9 Å². The standard InChI is InChI=1S/C17H17Cl2N3O3/c1-10-14(17(24)22-8-6-21(7-9-22)11(2)23)16(20-25-10)15-12(18)4-3-5-13(15)19/h3-5H,6-9H2,1-2H3. The first kappa shape index (κ1) is 17.8. The van der Waals surface area contributed by atoms with Gasteiger partial charge in [0.2, 0.25) is 5.91 Å². The van der Waals surface area contributed by atoms with E-state index in [1.54, 1.807) is 34.9 Å². The Kier molecular flexibility index (Phi) is 5.01. The topological polar surface area (TPSA) is 66.7 Å². The Morgan fingerprint density at radius 1 is 1.08 bits per heavy atom. The van der Waals surface area contributed by atoms with Crippen LogP contribution in [0.4, 0.5) is 0 Å². The van der Waals surface area contributed by atoms with Gasteiger partial charge in [0.1, 0.15) is 17.0 Å². The molecule has 8 heteroatoms. The van der Waals surface area contributed by atoms with Gasteiger partial charge in [0.15, 0.2) is 0 Å². The van der Waals surface area contributed by atoms with E-state index in [0.717, 1.165) is 0 Å². The van der Waals surface area contributed by atoms with Gasteiger partial charge in [0.25, 0.3) is 5.91 Å². The lowest BCUT2D eigenvalue weighted by Crippen LogP contribution is -2.50. The zero-order valence-corrected chi connectivity index (χ0v) is 15.4. The molecule has 1 aromatic heterocycles. The van der Waals surface area contributed by atoms with E-state index < -0.39 is 0 Å². The largest absolute Gasteiger partial charge is 0.360 e. The summed E-state index contributed by atoms with van der Waals surface area (Å²) in [6.07, 6.45) is 0. The van der Waals surface area contributed by atoms with E-state index in [1.807, 2.05) is 0 Å². The predicted octanol–water partition coefficient (Wildman–Crippen LogP) is 3.26. The van der Waals surface area contributed by atoms with Crippen molar-refractivity contribution in [2.45, 2.75) is 13.8 Å². The molecule has 0 bridgehead atoms. The van der Waals surface area contributed by atoms with Crippen LogP contribution in [0.2, 0.25) is 10.0 Å². The van der Waals surface area contributed by atoms with Crippen molar-refractivity contribution in [3.63, 3.8) is 0 Å². The fourth-order valence-electron chi connectivity index (χ4n) is 2.90. The van der Waals surface area contributed by atoms with E-state index in [9.17, 15) is 9.59 Å². The number of halogens is 2. The average molecular weight is 382 g/mol. The lowest BCUT2D eigenvalue weighted by molar-refractivity contribution is -0.130. The second-order valence-corrected chi connectivity index (χ2v) is 6.67. The SMILES string of the molecule is CC(=O)N1CCN(C(=O)c2c(-c3c(Cl)cccc3Cl)noc2C)CC1. The highest BCUT2D eigenvalue weighted by Crippen LogP contribution is 2.37. The summed E-state index contributed by atoms with van der Waals surface area (Å²) in [6, 6.07) is 5.10. The van der Waals surface area contributed by atoms with Crippen LogP contribution in [0.3, 0.4) is 0 Å². The number of amides is 2. The Bertz CT molecular complexity index is 806. The summed E-state index contributed by atoms with van der Waals surface area (Å²) in [5.74, 6) is 0.217. The molecule has 25 heavy (non-hydrogen) atoms. The minimum atomic E-state index is -0.201. The van der Waals surface area contributed by atoms with Gasteiger partial charge >= 0.3 is 0 Å². The molecule has 0 atom stereocenters. The van der Waals surface area contributed by atoms with Crippen LogP contribution in [0, 0.1) is 6.92 Å². The van der Waals surface area contributed by atoms with Gasteiger partial charge in [0, 0.05) is 38.7 Å². The first-order chi connectivity index (χ1) is 11.9. The smallest absolute Gasteiger partial charge is 0.259 e. The van der Waals surface area contributed by atoms with Crippen molar-refractivity contribution >= 4 is 35.0 Å². The molecular weight excluding hydrogens is 365 g/mol. The van der Waals surface area contributed by atoms with Crippen LogP contribution in [0.25, 0.3) is 11.3 Å². The normalized spacial score (nSPS) is 14.7. The first-order valence-electron chi connectivity index (χ1n) is 7.85. The number of piperazine rings is 1. The third-order valence-electron chi connectivity index (χ3n) is 4.29. The van der Waals surface area contributed by atoms with Gasteiger partial charge in [-0.3, -0.25) is 9.59 Å². The fourth-order valence-corrected chi connectivity index (χ4v) is 3.48. The zero-order chi connectivity index (χ0) is 18.1. The number of hydrogen-bond acceptors (Lipinski definition) is 4. The van der Waals surface area contributed by atoms with E-state index in [2.05, 4.69) is 5.16 Å². The van der Waals surface area contributed by atoms with Gasteiger partial charge in [-0.05, 0) is 19.1 Å². The molecule has 0 saturated carbocycles. The highest BCUT2D eigenvalue weighted by Gasteiger charge is 2.30. The van der Waals surface area contributed by atoms with E-state index in [0.29, 0.717) is 58.8 Å². The van der Waals surface area contributed by atoms with Crippen LogP contribution < -0.4 is 0 Å². The summed E-state index contributed by atoms with van der Waals surface area (Å²) in [6.45, 7) is 5.14. The molecule has 0 spiro atoms. The van der Waals surface area contributed by atoms with Crippen molar-refractivity contribution in [3.8, 4) is 11.3 Å². The summed E-state index contributed by atoms with van der Waals surface area (Å²) < 4.78 is 5.25. The lowest BCUT2D eigenvalue weighted by Gasteiger charge is -2.34. The molecule has 3 rings (SSSR count). The molecule has 6 nitrogen and oxygen atoms in total. The number of carbonyl (C=O) groups is 2. The Labute approximate surface area is 155 Å². The maximum atomic E-state index is 13.0. The second-order valence-electron chi connectivity index (χ2n) is 5.86. The van der Waals surface area contributed by atoms with Crippen molar-refractivity contribution in [1.29, 1.82) is 0 Å². The number of nitrogens with zero attached hydrogens (tertiary/aromatic N) is 3. The summed E-state index contributed by atoms with van der Waals surface area (Å²) >= 11 is 12.5. The maximum Gasteiger partial charge on any atom is 0.259 e. The van der Waals surface area contributed by atoms with E-state index in [4.69, 9.17) is 27.7 Å². The van der Waals surface area contributed by atoms with Crippen LogP contribution >= 0.6 is 23.2 Å². The molecule has 1 saturated heterocycles. The molecular formula is C17H17Cl2N3O3. The second kappa shape index (κ2) is 7.06. The minimum absolute atomic E-state index is 0.0109. The lowest BCUT2D eigenvalue weighted by atomic mass is 10.0. The van der Waals surface area contributed by atoms with Crippen LogP contribution in [-0.2, 0) is 4.79 Å². The number of carbonyl (C=O) groups excluding carboxylic acids is 2. The number of benzene rings is 1. The molecule has 2 heterocycles. The minimum Gasteiger partial charge on any atom is -0.360 e. The molecule has 0 radical (unpaired) electrons. The molecule has 1 aliphatic rings. The molecule has 1 aliphatic heterocycles. The van der Waals surface area contributed by atoms with Crippen molar-refractivity contribution in [2.75, 3.05) is 26.2 Å². The summed E-state index contributed by atoms with van der Waals surface area (Å²) in [5, 5.41) is 4.81. The summed E-state index contributed by atoms with van der Waals surface area (Å²) in [5.41, 5.74) is 1.17. The predicted molar refractivity (Wildman–Crippen MR) is 94.9 cm³/mol. The van der Waals surface area contributed by atoms with Crippen molar-refractivity contribution in [2.24, 2.45) is 0 Å². The summed E-state index contributed by atoms with van der Waals surface area (Å²) in [4.78, 5) is 27.9.